The topological polar surface area (TPSA) is 93.7 Å². The number of urea groups is 1. The Balaban J connectivity index is 1.31. The van der Waals surface area contributed by atoms with Gasteiger partial charge in [-0.25, -0.2) is 14.0 Å². The van der Waals surface area contributed by atoms with E-state index in [0.717, 1.165) is 25.3 Å². The van der Waals surface area contributed by atoms with Gasteiger partial charge >= 0.3 is 12.0 Å². The quantitative estimate of drug-likeness (QED) is 0.717. The lowest BCUT2D eigenvalue weighted by Crippen LogP contribution is -2.62. The Kier molecular flexibility index (Phi) is 5.42. The average molecular weight is 418 g/mol. The van der Waals surface area contributed by atoms with Gasteiger partial charge in [0.15, 0.2) is 6.10 Å². The van der Waals surface area contributed by atoms with Gasteiger partial charge in [0.1, 0.15) is 11.6 Å². The summed E-state index contributed by atoms with van der Waals surface area (Å²) in [4.78, 5) is 37.0. The molecule has 4 aliphatic rings. The molecule has 1 aromatic rings. The van der Waals surface area contributed by atoms with Crippen LogP contribution in [0.2, 0.25) is 0 Å². The fraction of sp³-hybridized carbons (Fsp3) is 0.591. The highest BCUT2D eigenvalue weighted by atomic mass is 19.1. The highest BCUT2D eigenvalue weighted by Gasteiger charge is 2.51. The van der Waals surface area contributed by atoms with Gasteiger partial charge in [-0.1, -0.05) is 0 Å². The van der Waals surface area contributed by atoms with E-state index >= 15 is 0 Å². The molecule has 1 aromatic carbocycles. The molecule has 0 aliphatic heterocycles. The molecule has 4 bridgehead atoms. The third-order valence-electron chi connectivity index (χ3n) is 6.70. The molecule has 4 fully saturated rings. The van der Waals surface area contributed by atoms with Gasteiger partial charge in [0.05, 0.1) is 12.7 Å². The van der Waals surface area contributed by atoms with E-state index in [1.165, 1.54) is 45.4 Å². The predicted molar refractivity (Wildman–Crippen MR) is 105 cm³/mol. The molecule has 3 amide bonds. The summed E-state index contributed by atoms with van der Waals surface area (Å²) in [5, 5.41) is 5.30. The van der Waals surface area contributed by atoms with Crippen LogP contribution in [0.25, 0.3) is 0 Å². The first kappa shape index (κ1) is 20.6. The fourth-order valence-corrected chi connectivity index (χ4v) is 5.82. The van der Waals surface area contributed by atoms with Gasteiger partial charge < -0.3 is 14.8 Å². The summed E-state index contributed by atoms with van der Waals surface area (Å²) >= 11 is 0. The normalized spacial score (nSPS) is 29.8. The Hall–Kier alpha value is -2.64. The molecular formula is C22H27FN2O5. The Morgan fingerprint density at radius 3 is 2.23 bits per heavy atom. The Bertz CT molecular complexity index is 836. The number of methoxy groups -OCH3 is 1. The molecule has 0 saturated heterocycles. The zero-order valence-corrected chi connectivity index (χ0v) is 17.2. The van der Waals surface area contributed by atoms with Gasteiger partial charge in [-0.2, -0.15) is 0 Å². The van der Waals surface area contributed by atoms with Gasteiger partial charge in [0, 0.05) is 11.6 Å². The smallest absolute Gasteiger partial charge is 0.341 e. The number of imide groups is 1. The van der Waals surface area contributed by atoms with Crippen LogP contribution in [0, 0.1) is 23.6 Å². The number of halogens is 1. The second-order valence-electron chi connectivity index (χ2n) is 9.03. The standard InChI is InChI=1S/C22H27FN2O5/c1-12(30-20(27)17-4-3-16(29-2)8-18(17)23)19(26)24-21(28)25-22-9-13-5-14(10-22)7-15(6-13)11-22/h3-4,8,12-15H,5-7,9-11H2,1-2H3,(H2,24,25,26,28)/t12-,13?,14?,15?,22?/m0/s1. The van der Waals surface area contributed by atoms with Crippen LogP contribution in [0.15, 0.2) is 18.2 Å². The van der Waals surface area contributed by atoms with Gasteiger partial charge in [-0.3, -0.25) is 10.1 Å². The van der Waals surface area contributed by atoms with Crippen molar-refractivity contribution in [2.45, 2.75) is 57.1 Å². The molecule has 5 rings (SSSR count). The van der Waals surface area contributed by atoms with Crippen molar-refractivity contribution in [2.24, 2.45) is 17.8 Å². The number of benzene rings is 1. The maximum absolute atomic E-state index is 14.0. The molecule has 1 atom stereocenters. The molecule has 0 radical (unpaired) electrons. The summed E-state index contributed by atoms with van der Waals surface area (Å²) in [6.07, 6.45) is 5.37. The number of hydrogen-bond acceptors (Lipinski definition) is 5. The number of rotatable bonds is 5. The second-order valence-corrected chi connectivity index (χ2v) is 9.03. The maximum Gasteiger partial charge on any atom is 0.341 e. The van der Waals surface area contributed by atoms with E-state index < -0.39 is 29.8 Å². The molecule has 8 heteroatoms. The number of amides is 3. The third-order valence-corrected chi connectivity index (χ3v) is 6.70. The van der Waals surface area contributed by atoms with Crippen LogP contribution in [-0.4, -0.2) is 36.7 Å². The SMILES string of the molecule is COc1ccc(C(=O)O[C@@H](C)C(=O)NC(=O)NC23CC4CC(CC(C4)C2)C3)c(F)c1. The minimum absolute atomic E-state index is 0.231. The second kappa shape index (κ2) is 7.89. The lowest BCUT2D eigenvalue weighted by atomic mass is 9.53. The van der Waals surface area contributed by atoms with E-state index in [1.807, 2.05) is 0 Å². The van der Waals surface area contributed by atoms with Crippen LogP contribution < -0.4 is 15.4 Å². The van der Waals surface area contributed by atoms with E-state index in [0.29, 0.717) is 17.8 Å². The Labute approximate surface area is 174 Å². The summed E-state index contributed by atoms with van der Waals surface area (Å²) in [5.74, 6) is -0.314. The lowest BCUT2D eigenvalue weighted by Gasteiger charge is -2.56. The van der Waals surface area contributed by atoms with Gasteiger partial charge in [0.2, 0.25) is 0 Å². The average Bonchev–Trinajstić information content (AvgIpc) is 2.65. The van der Waals surface area contributed by atoms with E-state index in [-0.39, 0.29) is 16.9 Å². The summed E-state index contributed by atoms with van der Waals surface area (Å²) in [6, 6.07) is 3.13. The predicted octanol–water partition coefficient (Wildman–Crippen LogP) is 3.17. The number of ether oxygens (including phenoxy) is 2. The first-order valence-corrected chi connectivity index (χ1v) is 10.4. The molecule has 4 saturated carbocycles. The summed E-state index contributed by atoms with van der Waals surface area (Å²) in [7, 11) is 1.38. The molecule has 30 heavy (non-hydrogen) atoms. The number of nitrogens with one attached hydrogen (secondary N) is 2. The van der Waals surface area contributed by atoms with Crippen LogP contribution in [0.3, 0.4) is 0 Å². The minimum atomic E-state index is -1.25. The van der Waals surface area contributed by atoms with E-state index in [1.54, 1.807) is 0 Å². The maximum atomic E-state index is 14.0. The monoisotopic (exact) mass is 418 g/mol. The van der Waals surface area contributed by atoms with Gasteiger partial charge in [-0.05, 0) is 75.3 Å². The van der Waals surface area contributed by atoms with E-state index in [9.17, 15) is 18.8 Å². The van der Waals surface area contributed by atoms with Crippen molar-refractivity contribution < 1.29 is 28.2 Å². The van der Waals surface area contributed by atoms with E-state index in [4.69, 9.17) is 9.47 Å². The first-order valence-electron chi connectivity index (χ1n) is 10.4. The summed E-state index contributed by atoms with van der Waals surface area (Å²) in [5.41, 5.74) is -0.543. The molecule has 162 valence electrons. The Morgan fingerprint density at radius 2 is 1.70 bits per heavy atom. The van der Waals surface area contributed by atoms with Crippen LogP contribution in [0.5, 0.6) is 5.75 Å². The van der Waals surface area contributed by atoms with Gasteiger partial charge in [-0.15, -0.1) is 0 Å². The van der Waals surface area contributed by atoms with Crippen LogP contribution in [-0.2, 0) is 9.53 Å². The zero-order valence-electron chi connectivity index (χ0n) is 17.2. The van der Waals surface area contributed by atoms with E-state index in [2.05, 4.69) is 10.6 Å². The molecule has 0 aromatic heterocycles. The van der Waals surface area contributed by atoms with Crippen LogP contribution in [0.1, 0.15) is 55.8 Å². The molecule has 2 N–H and O–H groups in total. The van der Waals surface area contributed by atoms with Crippen LogP contribution >= 0.6 is 0 Å². The number of esters is 1. The van der Waals surface area contributed by atoms with Crippen LogP contribution in [0.4, 0.5) is 9.18 Å². The zero-order chi connectivity index (χ0) is 21.5. The van der Waals surface area contributed by atoms with Crippen molar-refractivity contribution in [3.05, 3.63) is 29.6 Å². The van der Waals surface area contributed by atoms with Crippen molar-refractivity contribution in [3.63, 3.8) is 0 Å². The molecule has 0 spiro atoms. The third kappa shape index (κ3) is 4.13. The number of carbonyl (C=O) groups is 3. The van der Waals surface area contributed by atoms with Crippen molar-refractivity contribution in [1.82, 2.24) is 10.6 Å². The molecule has 0 heterocycles. The van der Waals surface area contributed by atoms with Crippen molar-refractivity contribution in [3.8, 4) is 5.75 Å². The molecule has 0 unspecified atom stereocenters. The highest BCUT2D eigenvalue weighted by molar-refractivity contribution is 5.98. The van der Waals surface area contributed by atoms with Crippen molar-refractivity contribution in [2.75, 3.05) is 7.11 Å². The van der Waals surface area contributed by atoms with Gasteiger partial charge in [0.25, 0.3) is 5.91 Å². The molecule has 7 nitrogen and oxygen atoms in total. The van der Waals surface area contributed by atoms with Crippen molar-refractivity contribution >= 4 is 17.9 Å². The highest BCUT2D eigenvalue weighted by Crippen LogP contribution is 2.55. The minimum Gasteiger partial charge on any atom is -0.497 e. The summed E-state index contributed by atoms with van der Waals surface area (Å²) in [6.45, 7) is 1.34. The number of hydrogen-bond donors (Lipinski definition) is 2. The molecule has 4 aliphatic carbocycles. The number of carbonyl (C=O) groups excluding carboxylic acids is 3. The molecular weight excluding hydrogens is 391 g/mol. The Morgan fingerprint density at radius 1 is 1.10 bits per heavy atom. The van der Waals surface area contributed by atoms with Crippen molar-refractivity contribution in [1.29, 1.82) is 0 Å². The lowest BCUT2D eigenvalue weighted by molar-refractivity contribution is -0.128. The summed E-state index contributed by atoms with van der Waals surface area (Å²) < 4.78 is 23.9. The fourth-order valence-electron chi connectivity index (χ4n) is 5.82. The largest absolute Gasteiger partial charge is 0.497 e. The first-order chi connectivity index (χ1) is 14.3.